The van der Waals surface area contributed by atoms with E-state index in [9.17, 15) is 8.42 Å². The smallest absolute Gasteiger partial charge is 0.278 e. The van der Waals surface area contributed by atoms with Gasteiger partial charge in [-0.2, -0.15) is 12.2 Å². The van der Waals surface area contributed by atoms with Crippen LogP contribution in [0.1, 0.15) is 24.3 Å². The minimum Gasteiger partial charge on any atom is -0.361 e. The lowest BCUT2D eigenvalue weighted by molar-refractivity contribution is 0.256. The number of anilines is 1. The second kappa shape index (κ2) is 7.86. The molecule has 1 aliphatic heterocycles. The molecule has 1 aromatic heterocycles. The van der Waals surface area contributed by atoms with Crippen LogP contribution < -0.4 is 3.82 Å². The average molecular weight is 454 g/mol. The molecule has 0 atom stereocenters. The summed E-state index contributed by atoms with van der Waals surface area (Å²) in [7, 11) is -1.79. The number of fused-ring (bicyclic) bond motifs is 2. The summed E-state index contributed by atoms with van der Waals surface area (Å²) in [4.78, 5) is 5.87. The number of hydrogen-bond donors (Lipinski definition) is 1. The summed E-state index contributed by atoms with van der Waals surface area (Å²) in [5, 5.41) is 2.55. The second-order valence-corrected chi connectivity index (χ2v) is 10.5. The van der Waals surface area contributed by atoms with Crippen LogP contribution in [-0.2, 0) is 10.0 Å². The molecule has 0 aliphatic carbocycles. The van der Waals surface area contributed by atoms with Gasteiger partial charge in [-0.25, -0.2) is 0 Å². The zero-order valence-corrected chi connectivity index (χ0v) is 18.8. The number of nitrogens with zero attached hydrogens (tertiary/aromatic N) is 2. The number of halogens is 1. The number of rotatable bonds is 4. The van der Waals surface area contributed by atoms with E-state index >= 15 is 0 Å². The van der Waals surface area contributed by atoms with Crippen molar-refractivity contribution < 1.29 is 8.42 Å². The van der Waals surface area contributed by atoms with Gasteiger partial charge in [0.05, 0.1) is 10.6 Å². The lowest BCUT2D eigenvalue weighted by atomic mass is 9.89. The van der Waals surface area contributed by atoms with Crippen LogP contribution in [-0.4, -0.2) is 38.4 Å². The van der Waals surface area contributed by atoms with Gasteiger partial charge in [0.25, 0.3) is 10.0 Å². The topological polar surface area (TPSA) is 56.4 Å². The standard InChI is InChI=1S/C24H24ClN3O2S/c1-27-13-11-18(12-14-27)22-16-26-23-10-9-19(15-21(22)23)28(25)31(29,30)24-8-4-6-17-5-2-3-7-20(17)24/h2-10,15-16,18,26H,11-14H2,1H3. The largest absolute Gasteiger partial charge is 0.361 e. The molecule has 160 valence electrons. The van der Waals surface area contributed by atoms with Crippen molar-refractivity contribution in [1.82, 2.24) is 9.88 Å². The molecule has 1 fully saturated rings. The van der Waals surface area contributed by atoms with Crippen molar-refractivity contribution in [2.45, 2.75) is 23.7 Å². The minimum atomic E-state index is -3.93. The van der Waals surface area contributed by atoms with Crippen molar-refractivity contribution in [3.63, 3.8) is 0 Å². The van der Waals surface area contributed by atoms with Gasteiger partial charge in [-0.15, -0.1) is 0 Å². The number of sulfonamides is 1. The predicted molar refractivity (Wildman–Crippen MR) is 127 cm³/mol. The van der Waals surface area contributed by atoms with Crippen molar-refractivity contribution >= 4 is 49.2 Å². The number of piperidine rings is 1. The van der Waals surface area contributed by atoms with Crippen LogP contribution in [0.5, 0.6) is 0 Å². The fourth-order valence-corrected chi connectivity index (χ4v) is 6.15. The summed E-state index contributed by atoms with van der Waals surface area (Å²) in [6.45, 7) is 2.13. The molecule has 4 aromatic rings. The molecule has 31 heavy (non-hydrogen) atoms. The Bertz CT molecular complexity index is 1350. The van der Waals surface area contributed by atoms with Crippen LogP contribution in [0.25, 0.3) is 21.7 Å². The fourth-order valence-electron chi connectivity index (χ4n) is 4.54. The number of likely N-dealkylation sites (tertiary alicyclic amines) is 1. The summed E-state index contributed by atoms with van der Waals surface area (Å²) in [5.74, 6) is 0.457. The molecule has 0 amide bonds. The summed E-state index contributed by atoms with van der Waals surface area (Å²) < 4.78 is 27.7. The summed E-state index contributed by atoms with van der Waals surface area (Å²) >= 11 is 6.49. The molecule has 0 unspecified atom stereocenters. The molecule has 7 heteroatoms. The molecule has 0 radical (unpaired) electrons. The number of nitrogens with one attached hydrogen (secondary N) is 1. The first-order valence-electron chi connectivity index (χ1n) is 10.4. The zero-order chi connectivity index (χ0) is 21.6. The van der Waals surface area contributed by atoms with E-state index in [-0.39, 0.29) is 4.90 Å². The fraction of sp³-hybridized carbons (Fsp3) is 0.250. The maximum absolute atomic E-state index is 13.4. The lowest BCUT2D eigenvalue weighted by Crippen LogP contribution is -2.29. The summed E-state index contributed by atoms with van der Waals surface area (Å²) in [5.41, 5.74) is 2.67. The Morgan fingerprint density at radius 3 is 2.55 bits per heavy atom. The van der Waals surface area contributed by atoms with E-state index in [1.54, 1.807) is 24.3 Å². The molecule has 1 saturated heterocycles. The molecule has 0 bridgehead atoms. The van der Waals surface area contributed by atoms with Crippen molar-refractivity contribution in [2.24, 2.45) is 0 Å². The molecular weight excluding hydrogens is 430 g/mol. The third-order valence-electron chi connectivity index (χ3n) is 6.30. The second-order valence-electron chi connectivity index (χ2n) is 8.25. The van der Waals surface area contributed by atoms with E-state index in [0.717, 1.165) is 46.0 Å². The molecule has 5 nitrogen and oxygen atoms in total. The normalized spacial score (nSPS) is 16.2. The highest BCUT2D eigenvalue weighted by molar-refractivity contribution is 7.94. The molecule has 1 aliphatic rings. The first kappa shape index (κ1) is 20.4. The van der Waals surface area contributed by atoms with Gasteiger partial charge in [0.2, 0.25) is 0 Å². The van der Waals surface area contributed by atoms with Gasteiger partial charge in [-0.3, -0.25) is 0 Å². The number of benzene rings is 3. The molecule has 2 heterocycles. The van der Waals surface area contributed by atoms with E-state index in [1.165, 1.54) is 5.56 Å². The number of H-pyrrole nitrogens is 1. The Labute approximate surface area is 187 Å². The maximum atomic E-state index is 13.4. The van der Waals surface area contributed by atoms with E-state index in [2.05, 4.69) is 23.1 Å². The predicted octanol–water partition coefficient (Wildman–Crippen LogP) is 5.48. The minimum absolute atomic E-state index is 0.199. The zero-order valence-electron chi connectivity index (χ0n) is 17.3. The van der Waals surface area contributed by atoms with Gasteiger partial charge in [-0.05, 0) is 74.1 Å². The quantitative estimate of drug-likeness (QED) is 0.416. The van der Waals surface area contributed by atoms with Gasteiger partial charge in [0, 0.05) is 34.3 Å². The SMILES string of the molecule is CN1CCC(c2c[nH]c3ccc(N(Cl)S(=O)(=O)c4cccc5ccccc45)cc23)CC1. The molecule has 1 N–H and O–H groups in total. The maximum Gasteiger partial charge on any atom is 0.278 e. The van der Waals surface area contributed by atoms with Gasteiger partial charge < -0.3 is 9.88 Å². The van der Waals surface area contributed by atoms with E-state index in [0.29, 0.717) is 17.0 Å². The Hall–Kier alpha value is -2.54. The Balaban J connectivity index is 1.55. The summed E-state index contributed by atoms with van der Waals surface area (Å²) in [6, 6.07) is 18.2. The van der Waals surface area contributed by atoms with Crippen molar-refractivity contribution in [3.8, 4) is 0 Å². The van der Waals surface area contributed by atoms with Crippen molar-refractivity contribution in [2.75, 3.05) is 24.0 Å². The Kier molecular flexibility index (Phi) is 5.16. The number of hydrogen-bond acceptors (Lipinski definition) is 3. The Morgan fingerprint density at radius 1 is 1.00 bits per heavy atom. The van der Waals surface area contributed by atoms with Gasteiger partial charge in [-0.1, -0.05) is 36.4 Å². The van der Waals surface area contributed by atoms with E-state index in [1.807, 2.05) is 36.4 Å². The average Bonchev–Trinajstić information content (AvgIpc) is 3.22. The first-order chi connectivity index (χ1) is 14.9. The van der Waals surface area contributed by atoms with Gasteiger partial charge in [0.1, 0.15) is 0 Å². The Morgan fingerprint density at radius 2 is 1.74 bits per heavy atom. The van der Waals surface area contributed by atoms with Crippen LogP contribution in [0.2, 0.25) is 0 Å². The third-order valence-corrected chi connectivity index (χ3v) is 8.58. The van der Waals surface area contributed by atoms with Gasteiger partial charge in [0.15, 0.2) is 0 Å². The molecule has 0 spiro atoms. The number of aromatic nitrogens is 1. The molecule has 0 saturated carbocycles. The van der Waals surface area contributed by atoms with Crippen molar-refractivity contribution in [1.29, 1.82) is 0 Å². The highest BCUT2D eigenvalue weighted by Gasteiger charge is 2.27. The molecule has 5 rings (SSSR count). The van der Waals surface area contributed by atoms with Crippen LogP contribution in [0.3, 0.4) is 0 Å². The van der Waals surface area contributed by atoms with Crippen molar-refractivity contribution in [3.05, 3.63) is 72.4 Å². The molecule has 3 aromatic carbocycles. The first-order valence-corrected chi connectivity index (χ1v) is 12.2. The monoisotopic (exact) mass is 453 g/mol. The number of aromatic amines is 1. The highest BCUT2D eigenvalue weighted by atomic mass is 35.5. The van der Waals surface area contributed by atoms with Crippen LogP contribution in [0, 0.1) is 0 Å². The van der Waals surface area contributed by atoms with Gasteiger partial charge >= 0.3 is 0 Å². The van der Waals surface area contributed by atoms with Crippen LogP contribution in [0.4, 0.5) is 5.69 Å². The lowest BCUT2D eigenvalue weighted by Gasteiger charge is -2.28. The van der Waals surface area contributed by atoms with Crippen LogP contribution >= 0.6 is 11.8 Å². The summed E-state index contributed by atoms with van der Waals surface area (Å²) in [6.07, 6.45) is 4.24. The van der Waals surface area contributed by atoms with E-state index < -0.39 is 10.0 Å². The third kappa shape index (κ3) is 3.59. The highest BCUT2D eigenvalue weighted by Crippen LogP contribution is 2.37. The molecular formula is C24H24ClN3O2S. The van der Waals surface area contributed by atoms with Crippen LogP contribution in [0.15, 0.2) is 71.8 Å². The van der Waals surface area contributed by atoms with E-state index in [4.69, 9.17) is 11.8 Å².